The third kappa shape index (κ3) is 3.10. The van der Waals surface area contributed by atoms with Crippen LogP contribution in [0.3, 0.4) is 0 Å². The first-order valence-corrected chi connectivity index (χ1v) is 4.67. The maximum Gasteiger partial charge on any atom is 0.0892 e. The van der Waals surface area contributed by atoms with E-state index in [0.717, 1.165) is 18.4 Å². The van der Waals surface area contributed by atoms with E-state index in [1.807, 2.05) is 0 Å². The topological polar surface area (TPSA) is 53.0 Å². The molecule has 1 saturated heterocycles. The van der Waals surface area contributed by atoms with Crippen molar-refractivity contribution >= 4 is 0 Å². The summed E-state index contributed by atoms with van der Waals surface area (Å²) in [5.41, 5.74) is 0.925. The standard InChI is InChI=1S/C10H18O3/c1-10(2)9(13-10)4-3-8(7-12)5-6-11/h5,9,11-12H,3-4,6-7H2,1-2H3/b8-5+. The van der Waals surface area contributed by atoms with Crippen LogP contribution >= 0.6 is 0 Å². The molecule has 2 N–H and O–H groups in total. The fraction of sp³-hybridized carbons (Fsp3) is 0.800. The highest BCUT2D eigenvalue weighted by molar-refractivity contribution is 5.05. The molecular weight excluding hydrogens is 168 g/mol. The molecule has 0 amide bonds. The lowest BCUT2D eigenvalue weighted by atomic mass is 10.0. The van der Waals surface area contributed by atoms with E-state index >= 15 is 0 Å². The van der Waals surface area contributed by atoms with Crippen molar-refractivity contribution in [1.82, 2.24) is 0 Å². The molecule has 0 radical (unpaired) electrons. The van der Waals surface area contributed by atoms with E-state index in [1.54, 1.807) is 6.08 Å². The Labute approximate surface area is 79.0 Å². The molecule has 13 heavy (non-hydrogen) atoms. The maximum atomic E-state index is 8.90. The first-order chi connectivity index (χ1) is 6.10. The van der Waals surface area contributed by atoms with Crippen molar-refractivity contribution in [3.8, 4) is 0 Å². The Kier molecular flexibility index (Phi) is 3.47. The first-order valence-electron chi connectivity index (χ1n) is 4.67. The molecule has 1 rings (SSSR count). The normalized spacial score (nSPS) is 26.2. The molecule has 1 heterocycles. The smallest absolute Gasteiger partial charge is 0.0892 e. The minimum absolute atomic E-state index is 0.00477. The third-order valence-electron chi connectivity index (χ3n) is 2.47. The van der Waals surface area contributed by atoms with Crippen molar-refractivity contribution in [1.29, 1.82) is 0 Å². The fourth-order valence-corrected chi connectivity index (χ4v) is 1.43. The van der Waals surface area contributed by atoms with E-state index in [1.165, 1.54) is 0 Å². The van der Waals surface area contributed by atoms with Crippen LogP contribution in [-0.2, 0) is 4.74 Å². The number of aliphatic hydroxyl groups excluding tert-OH is 2. The van der Waals surface area contributed by atoms with Gasteiger partial charge in [0.1, 0.15) is 0 Å². The zero-order valence-electron chi connectivity index (χ0n) is 8.29. The monoisotopic (exact) mass is 186 g/mol. The molecule has 1 aliphatic rings. The minimum Gasteiger partial charge on any atom is -0.392 e. The quantitative estimate of drug-likeness (QED) is 0.494. The Balaban J connectivity index is 2.22. The molecule has 1 atom stereocenters. The zero-order chi connectivity index (χ0) is 9.90. The van der Waals surface area contributed by atoms with Crippen molar-refractivity contribution in [2.24, 2.45) is 0 Å². The van der Waals surface area contributed by atoms with E-state index in [0.29, 0.717) is 6.10 Å². The van der Waals surface area contributed by atoms with Gasteiger partial charge in [-0.3, -0.25) is 0 Å². The molecule has 0 aliphatic carbocycles. The van der Waals surface area contributed by atoms with Gasteiger partial charge in [-0.1, -0.05) is 6.08 Å². The van der Waals surface area contributed by atoms with Crippen molar-refractivity contribution in [3.05, 3.63) is 11.6 Å². The molecule has 1 fully saturated rings. The molecule has 0 aromatic rings. The Morgan fingerprint density at radius 3 is 2.46 bits per heavy atom. The third-order valence-corrected chi connectivity index (χ3v) is 2.47. The summed E-state index contributed by atoms with van der Waals surface area (Å²) in [6.07, 6.45) is 3.72. The Morgan fingerprint density at radius 1 is 1.46 bits per heavy atom. The molecule has 0 bridgehead atoms. The predicted octanol–water partition coefficient (Wildman–Crippen LogP) is 0.855. The lowest BCUT2D eigenvalue weighted by molar-refractivity contribution is 0.306. The van der Waals surface area contributed by atoms with E-state index in [4.69, 9.17) is 14.9 Å². The molecule has 76 valence electrons. The lowest BCUT2D eigenvalue weighted by Crippen LogP contribution is -2.04. The number of epoxide rings is 1. The summed E-state index contributed by atoms with van der Waals surface area (Å²) in [6.45, 7) is 4.16. The molecule has 0 aromatic heterocycles. The van der Waals surface area contributed by atoms with Crippen LogP contribution in [0.15, 0.2) is 11.6 Å². The highest BCUT2D eigenvalue weighted by atomic mass is 16.6. The van der Waals surface area contributed by atoms with Gasteiger partial charge in [0.25, 0.3) is 0 Å². The summed E-state index contributed by atoms with van der Waals surface area (Å²) in [7, 11) is 0. The molecule has 0 spiro atoms. The second-order valence-corrected chi connectivity index (χ2v) is 3.95. The van der Waals surface area contributed by atoms with Gasteiger partial charge in [0.05, 0.1) is 24.9 Å². The van der Waals surface area contributed by atoms with Gasteiger partial charge in [0.2, 0.25) is 0 Å². The summed E-state index contributed by atoms with van der Waals surface area (Å²) in [5, 5.41) is 17.5. The van der Waals surface area contributed by atoms with Gasteiger partial charge in [-0.05, 0) is 32.3 Å². The molecule has 1 aliphatic heterocycles. The summed E-state index contributed by atoms with van der Waals surface area (Å²) < 4.78 is 5.41. The summed E-state index contributed by atoms with van der Waals surface area (Å²) >= 11 is 0. The number of hydrogen-bond donors (Lipinski definition) is 2. The largest absolute Gasteiger partial charge is 0.392 e. The van der Waals surface area contributed by atoms with E-state index in [-0.39, 0.29) is 18.8 Å². The zero-order valence-corrected chi connectivity index (χ0v) is 8.29. The lowest BCUT2D eigenvalue weighted by Gasteiger charge is -2.01. The van der Waals surface area contributed by atoms with Gasteiger partial charge in [0.15, 0.2) is 0 Å². The fourth-order valence-electron chi connectivity index (χ4n) is 1.43. The van der Waals surface area contributed by atoms with Crippen LogP contribution in [0.5, 0.6) is 0 Å². The minimum atomic E-state index is 0.00477. The predicted molar refractivity (Wildman–Crippen MR) is 50.4 cm³/mol. The van der Waals surface area contributed by atoms with Crippen molar-refractivity contribution in [3.63, 3.8) is 0 Å². The average Bonchev–Trinajstić information content (AvgIpc) is 2.68. The van der Waals surface area contributed by atoms with Gasteiger partial charge in [-0.15, -0.1) is 0 Å². The molecule has 3 heteroatoms. The van der Waals surface area contributed by atoms with Gasteiger partial charge < -0.3 is 14.9 Å². The van der Waals surface area contributed by atoms with E-state index in [2.05, 4.69) is 13.8 Å². The highest BCUT2D eigenvalue weighted by Gasteiger charge is 2.46. The second-order valence-electron chi connectivity index (χ2n) is 3.95. The summed E-state index contributed by atoms with van der Waals surface area (Å²) in [6, 6.07) is 0. The second kappa shape index (κ2) is 4.22. The summed E-state index contributed by atoms with van der Waals surface area (Å²) in [5.74, 6) is 0. The highest BCUT2D eigenvalue weighted by Crippen LogP contribution is 2.38. The Hall–Kier alpha value is -0.380. The first kappa shape index (κ1) is 10.7. The molecule has 3 nitrogen and oxygen atoms in total. The van der Waals surface area contributed by atoms with Crippen LogP contribution in [0, 0.1) is 0 Å². The molecule has 0 saturated carbocycles. The molecule has 1 unspecified atom stereocenters. The summed E-state index contributed by atoms with van der Waals surface area (Å²) in [4.78, 5) is 0. The van der Waals surface area contributed by atoms with E-state index < -0.39 is 0 Å². The van der Waals surface area contributed by atoms with Gasteiger partial charge in [0, 0.05) is 0 Å². The molecular formula is C10H18O3. The number of hydrogen-bond acceptors (Lipinski definition) is 3. The van der Waals surface area contributed by atoms with Crippen molar-refractivity contribution < 1.29 is 14.9 Å². The number of aliphatic hydroxyl groups is 2. The van der Waals surface area contributed by atoms with Gasteiger partial charge in [-0.25, -0.2) is 0 Å². The van der Waals surface area contributed by atoms with Gasteiger partial charge in [-0.2, -0.15) is 0 Å². The van der Waals surface area contributed by atoms with Crippen LogP contribution in [0.1, 0.15) is 26.7 Å². The maximum absolute atomic E-state index is 8.90. The van der Waals surface area contributed by atoms with E-state index in [9.17, 15) is 0 Å². The van der Waals surface area contributed by atoms with Crippen LogP contribution in [0.25, 0.3) is 0 Å². The van der Waals surface area contributed by atoms with Crippen molar-refractivity contribution in [2.45, 2.75) is 38.4 Å². The van der Waals surface area contributed by atoms with Crippen LogP contribution in [-0.4, -0.2) is 35.1 Å². The van der Waals surface area contributed by atoms with Crippen molar-refractivity contribution in [2.75, 3.05) is 13.2 Å². The molecule has 0 aromatic carbocycles. The van der Waals surface area contributed by atoms with Crippen LogP contribution < -0.4 is 0 Å². The Morgan fingerprint density at radius 2 is 2.08 bits per heavy atom. The van der Waals surface area contributed by atoms with Gasteiger partial charge >= 0.3 is 0 Å². The Bertz CT molecular complexity index is 196. The van der Waals surface area contributed by atoms with Crippen LogP contribution in [0.2, 0.25) is 0 Å². The number of rotatable bonds is 5. The van der Waals surface area contributed by atoms with Crippen LogP contribution in [0.4, 0.5) is 0 Å². The number of ether oxygens (including phenoxy) is 1. The SMILES string of the molecule is CC1(C)OC1CC/C(=C\CO)CO. The average molecular weight is 186 g/mol.